The molecule has 0 aromatic carbocycles. The highest BCUT2D eigenvalue weighted by atomic mass is 32.1. The van der Waals surface area contributed by atoms with E-state index >= 15 is 0 Å². The molecule has 2 amide bonds. The van der Waals surface area contributed by atoms with Crippen LogP contribution in [0.25, 0.3) is 0 Å². The average molecular weight is 364 g/mol. The number of anilines is 1. The van der Waals surface area contributed by atoms with E-state index in [2.05, 4.69) is 20.7 Å². The van der Waals surface area contributed by atoms with Gasteiger partial charge in [-0.1, -0.05) is 6.42 Å². The molecule has 1 aromatic heterocycles. The molecule has 3 fully saturated rings. The predicted molar refractivity (Wildman–Crippen MR) is 94.3 cm³/mol. The van der Waals surface area contributed by atoms with Crippen LogP contribution >= 0.6 is 11.3 Å². The van der Waals surface area contributed by atoms with Gasteiger partial charge in [-0.2, -0.15) is 0 Å². The molecule has 1 aliphatic heterocycles. The number of nitrogens with zero attached hydrogens (tertiary/aromatic N) is 2. The smallest absolute Gasteiger partial charge is 0.289 e. The number of hydrazine groups is 1. The Kier molecular flexibility index (Phi) is 4.89. The van der Waals surface area contributed by atoms with E-state index in [0.29, 0.717) is 37.2 Å². The normalized spacial score (nSPS) is 28.2. The third-order valence-electron chi connectivity index (χ3n) is 5.65. The molecule has 3 unspecified atom stereocenters. The second-order valence-electron chi connectivity index (χ2n) is 7.26. The van der Waals surface area contributed by atoms with Crippen LogP contribution in [0.15, 0.2) is 5.38 Å². The Morgan fingerprint density at radius 3 is 2.80 bits per heavy atom. The number of morpholine rings is 1. The van der Waals surface area contributed by atoms with E-state index in [1.165, 1.54) is 37.0 Å². The second-order valence-corrected chi connectivity index (χ2v) is 8.09. The molecule has 3 atom stereocenters. The van der Waals surface area contributed by atoms with Gasteiger partial charge in [-0.15, -0.1) is 11.3 Å². The fourth-order valence-electron chi connectivity index (χ4n) is 4.37. The quantitative estimate of drug-likeness (QED) is 0.793. The summed E-state index contributed by atoms with van der Waals surface area (Å²) in [6.45, 7) is 2.93. The van der Waals surface area contributed by atoms with E-state index in [0.717, 1.165) is 24.1 Å². The molecule has 2 aliphatic carbocycles. The maximum absolute atomic E-state index is 12.2. The first-order valence-corrected chi connectivity index (χ1v) is 9.94. The highest BCUT2D eigenvalue weighted by molar-refractivity contribution is 7.13. The van der Waals surface area contributed by atoms with Gasteiger partial charge < -0.3 is 9.64 Å². The van der Waals surface area contributed by atoms with E-state index in [9.17, 15) is 9.59 Å². The Morgan fingerprint density at radius 2 is 2.08 bits per heavy atom. The van der Waals surface area contributed by atoms with Gasteiger partial charge in [-0.25, -0.2) is 4.98 Å². The van der Waals surface area contributed by atoms with Crippen molar-refractivity contribution < 1.29 is 14.3 Å². The molecular weight excluding hydrogens is 340 g/mol. The van der Waals surface area contributed by atoms with Crippen LogP contribution < -0.4 is 15.8 Å². The summed E-state index contributed by atoms with van der Waals surface area (Å²) >= 11 is 1.44. The number of hydrogen-bond donors (Lipinski definition) is 2. The molecule has 25 heavy (non-hydrogen) atoms. The zero-order chi connectivity index (χ0) is 17.2. The molecule has 8 heteroatoms. The number of aromatic nitrogens is 1. The van der Waals surface area contributed by atoms with Gasteiger partial charge in [-0.3, -0.25) is 20.4 Å². The first-order chi connectivity index (χ1) is 12.2. The molecule has 7 nitrogen and oxygen atoms in total. The lowest BCUT2D eigenvalue weighted by Crippen LogP contribution is -2.42. The van der Waals surface area contributed by atoms with Crippen molar-refractivity contribution in [2.45, 2.75) is 32.1 Å². The van der Waals surface area contributed by atoms with Crippen molar-refractivity contribution >= 4 is 28.3 Å². The number of rotatable bonds is 4. The Balaban J connectivity index is 1.24. The van der Waals surface area contributed by atoms with Crippen molar-refractivity contribution in [3.05, 3.63) is 11.1 Å². The number of carbonyl (C=O) groups excluding carboxylic acids is 2. The molecule has 1 aromatic rings. The molecule has 3 aliphatic rings. The Labute approximate surface area is 151 Å². The lowest BCUT2D eigenvalue weighted by Gasteiger charge is -2.25. The minimum absolute atomic E-state index is 0.102. The topological polar surface area (TPSA) is 83.6 Å². The van der Waals surface area contributed by atoms with Gasteiger partial charge in [-0.05, 0) is 37.0 Å². The average Bonchev–Trinajstić information content (AvgIpc) is 3.37. The summed E-state index contributed by atoms with van der Waals surface area (Å²) < 4.78 is 5.32. The fourth-order valence-corrected chi connectivity index (χ4v) is 5.23. The van der Waals surface area contributed by atoms with Gasteiger partial charge in [0.15, 0.2) is 5.13 Å². The Hall–Kier alpha value is -1.67. The van der Waals surface area contributed by atoms with Crippen molar-refractivity contribution in [3.63, 3.8) is 0 Å². The minimum Gasteiger partial charge on any atom is -0.378 e. The molecule has 2 N–H and O–H groups in total. The summed E-state index contributed by atoms with van der Waals surface area (Å²) in [6.07, 6.45) is 5.55. The van der Waals surface area contributed by atoms with Crippen molar-refractivity contribution in [1.29, 1.82) is 0 Å². The molecule has 1 saturated heterocycles. The van der Waals surface area contributed by atoms with Crippen LogP contribution in [0, 0.1) is 17.8 Å². The molecule has 0 spiro atoms. The molecule has 2 heterocycles. The summed E-state index contributed by atoms with van der Waals surface area (Å²) in [4.78, 5) is 30.8. The number of amides is 2. The van der Waals surface area contributed by atoms with E-state index in [1.54, 1.807) is 5.38 Å². The van der Waals surface area contributed by atoms with Crippen LogP contribution in [0.1, 0.15) is 42.6 Å². The fraction of sp³-hybridized carbons (Fsp3) is 0.706. The number of carbonyl (C=O) groups is 2. The van der Waals surface area contributed by atoms with E-state index < -0.39 is 0 Å². The molecule has 0 radical (unpaired) electrons. The summed E-state index contributed by atoms with van der Waals surface area (Å²) in [6, 6.07) is 0. The number of fused-ring (bicyclic) bond motifs is 2. The maximum atomic E-state index is 12.2. The molecule has 2 bridgehead atoms. The summed E-state index contributed by atoms with van der Waals surface area (Å²) in [5.74, 6) is 1.56. The van der Waals surface area contributed by atoms with Crippen LogP contribution in [-0.2, 0) is 9.53 Å². The Morgan fingerprint density at radius 1 is 1.24 bits per heavy atom. The largest absolute Gasteiger partial charge is 0.378 e. The SMILES string of the molecule is O=C(CC1CC2CCC1C2)NNC(=O)c1csc(N2CCOCC2)n1. The third-order valence-corrected chi connectivity index (χ3v) is 6.56. The lowest BCUT2D eigenvalue weighted by molar-refractivity contribution is -0.123. The van der Waals surface area contributed by atoms with Crippen LogP contribution in [0.4, 0.5) is 5.13 Å². The molecule has 2 saturated carbocycles. The van der Waals surface area contributed by atoms with Gasteiger partial charge >= 0.3 is 0 Å². The zero-order valence-electron chi connectivity index (χ0n) is 14.2. The number of ether oxygens (including phenoxy) is 1. The standard InChI is InChI=1S/C17H24N4O3S/c22-15(9-13-8-11-1-2-12(13)7-11)19-20-16(23)14-10-25-17(18-14)21-3-5-24-6-4-21/h10-13H,1-9H2,(H,19,22)(H,20,23). The third kappa shape index (κ3) is 3.79. The number of nitrogens with one attached hydrogen (secondary N) is 2. The predicted octanol–water partition coefficient (Wildman–Crippen LogP) is 1.57. The van der Waals surface area contributed by atoms with E-state index in [4.69, 9.17) is 4.74 Å². The molecular formula is C17H24N4O3S. The van der Waals surface area contributed by atoms with Crippen LogP contribution in [0.2, 0.25) is 0 Å². The molecule has 136 valence electrons. The van der Waals surface area contributed by atoms with Gasteiger partial charge in [0.1, 0.15) is 5.69 Å². The number of hydrogen-bond acceptors (Lipinski definition) is 6. The van der Waals surface area contributed by atoms with Crippen LogP contribution in [0.5, 0.6) is 0 Å². The first kappa shape index (κ1) is 16.8. The van der Waals surface area contributed by atoms with Gasteiger partial charge in [0.2, 0.25) is 5.91 Å². The highest BCUT2D eigenvalue weighted by Gasteiger charge is 2.40. The van der Waals surface area contributed by atoms with Gasteiger partial charge in [0.25, 0.3) is 5.91 Å². The lowest BCUT2D eigenvalue weighted by atomic mass is 9.86. The minimum atomic E-state index is -0.364. The second kappa shape index (κ2) is 7.29. The zero-order valence-corrected chi connectivity index (χ0v) is 15.0. The van der Waals surface area contributed by atoms with Crippen molar-refractivity contribution in [3.8, 4) is 0 Å². The van der Waals surface area contributed by atoms with E-state index in [-0.39, 0.29) is 11.8 Å². The summed E-state index contributed by atoms with van der Waals surface area (Å²) in [7, 11) is 0. The monoisotopic (exact) mass is 364 g/mol. The van der Waals surface area contributed by atoms with Gasteiger partial charge in [0, 0.05) is 24.9 Å². The Bertz CT molecular complexity index is 644. The highest BCUT2D eigenvalue weighted by Crippen LogP contribution is 2.49. The van der Waals surface area contributed by atoms with Gasteiger partial charge in [0.05, 0.1) is 13.2 Å². The summed E-state index contributed by atoms with van der Waals surface area (Å²) in [5.41, 5.74) is 5.38. The number of thiazole rings is 1. The van der Waals surface area contributed by atoms with Crippen molar-refractivity contribution in [2.75, 3.05) is 31.2 Å². The van der Waals surface area contributed by atoms with Crippen molar-refractivity contribution in [1.82, 2.24) is 15.8 Å². The first-order valence-electron chi connectivity index (χ1n) is 9.06. The summed E-state index contributed by atoms with van der Waals surface area (Å²) in [5, 5.41) is 2.55. The van der Waals surface area contributed by atoms with E-state index in [1.807, 2.05) is 0 Å². The van der Waals surface area contributed by atoms with Crippen LogP contribution in [-0.4, -0.2) is 43.1 Å². The van der Waals surface area contributed by atoms with Crippen LogP contribution in [0.3, 0.4) is 0 Å². The maximum Gasteiger partial charge on any atom is 0.289 e. The molecule has 4 rings (SSSR count). The van der Waals surface area contributed by atoms with Crippen molar-refractivity contribution in [2.24, 2.45) is 17.8 Å².